The second kappa shape index (κ2) is 7.13. The van der Waals surface area contributed by atoms with Gasteiger partial charge in [-0.3, -0.25) is 0 Å². The van der Waals surface area contributed by atoms with Gasteiger partial charge in [0.15, 0.2) is 0 Å². The lowest BCUT2D eigenvalue weighted by molar-refractivity contribution is 0.0677. The van der Waals surface area contributed by atoms with Crippen LogP contribution in [0, 0.1) is 12.7 Å². The van der Waals surface area contributed by atoms with E-state index in [0.29, 0.717) is 5.69 Å². The van der Waals surface area contributed by atoms with Crippen molar-refractivity contribution < 1.29 is 9.23 Å². The van der Waals surface area contributed by atoms with E-state index in [1.54, 1.807) is 10.8 Å². The monoisotopic (exact) mass is 406 g/mol. The van der Waals surface area contributed by atoms with Crippen molar-refractivity contribution in [2.75, 3.05) is 38.1 Å². The molecule has 0 spiro atoms. The molecule has 0 radical (unpaired) electrons. The largest absolute Gasteiger partial charge is 0.411 e. The SMILES string of the molecule is Cc1ccc2nc3c4cc(F)c(N5CCN(C)CC5)cc4n(OC(C)C)cc-3c2c1. The van der Waals surface area contributed by atoms with Crippen LogP contribution in [0.1, 0.15) is 19.4 Å². The first-order chi connectivity index (χ1) is 14.4. The predicted molar refractivity (Wildman–Crippen MR) is 120 cm³/mol. The Morgan fingerprint density at radius 3 is 2.53 bits per heavy atom. The van der Waals surface area contributed by atoms with Crippen molar-refractivity contribution in [3.8, 4) is 11.3 Å². The number of pyridine rings is 1. The van der Waals surface area contributed by atoms with Gasteiger partial charge in [-0.25, -0.2) is 9.37 Å². The third-order valence-corrected chi connectivity index (χ3v) is 5.90. The van der Waals surface area contributed by atoms with E-state index in [4.69, 9.17) is 9.82 Å². The van der Waals surface area contributed by atoms with Crippen LogP contribution in [-0.2, 0) is 0 Å². The van der Waals surface area contributed by atoms with Gasteiger partial charge in [-0.1, -0.05) is 11.6 Å². The van der Waals surface area contributed by atoms with E-state index in [1.807, 2.05) is 32.2 Å². The molecule has 0 atom stereocenters. The van der Waals surface area contributed by atoms with Crippen molar-refractivity contribution in [2.45, 2.75) is 26.9 Å². The average molecular weight is 407 g/mol. The van der Waals surface area contributed by atoms with Crippen molar-refractivity contribution in [3.05, 3.63) is 47.9 Å². The molecule has 5 rings (SSSR count). The van der Waals surface area contributed by atoms with Crippen molar-refractivity contribution >= 4 is 27.5 Å². The maximum Gasteiger partial charge on any atom is 0.147 e. The van der Waals surface area contributed by atoms with Crippen LogP contribution >= 0.6 is 0 Å². The fourth-order valence-corrected chi connectivity index (χ4v) is 4.32. The lowest BCUT2D eigenvalue weighted by Crippen LogP contribution is -2.44. The van der Waals surface area contributed by atoms with Crippen LogP contribution in [0.15, 0.2) is 36.5 Å². The summed E-state index contributed by atoms with van der Waals surface area (Å²) < 4.78 is 17.1. The number of halogens is 1. The first-order valence-corrected chi connectivity index (χ1v) is 10.6. The van der Waals surface area contributed by atoms with E-state index in [-0.39, 0.29) is 11.9 Å². The van der Waals surface area contributed by atoms with Gasteiger partial charge >= 0.3 is 0 Å². The predicted octanol–water partition coefficient (Wildman–Crippen LogP) is 4.33. The fourth-order valence-electron chi connectivity index (χ4n) is 4.32. The minimum Gasteiger partial charge on any atom is -0.411 e. The fraction of sp³-hybridized carbons (Fsp3) is 0.375. The summed E-state index contributed by atoms with van der Waals surface area (Å²) in [5, 5.41) is 1.84. The Balaban J connectivity index is 1.76. The van der Waals surface area contributed by atoms with Gasteiger partial charge < -0.3 is 14.6 Å². The molecule has 1 saturated heterocycles. The van der Waals surface area contributed by atoms with Gasteiger partial charge in [0.2, 0.25) is 0 Å². The molecule has 0 saturated carbocycles. The van der Waals surface area contributed by atoms with E-state index in [1.165, 1.54) is 5.56 Å². The second-order valence-corrected chi connectivity index (χ2v) is 8.61. The molecular weight excluding hydrogens is 379 g/mol. The molecule has 1 fully saturated rings. The zero-order chi connectivity index (χ0) is 21.0. The lowest BCUT2D eigenvalue weighted by Gasteiger charge is -2.34. The van der Waals surface area contributed by atoms with Crippen LogP contribution in [0.3, 0.4) is 0 Å². The van der Waals surface area contributed by atoms with Gasteiger partial charge in [0.1, 0.15) is 11.9 Å². The lowest BCUT2D eigenvalue weighted by atomic mass is 10.0. The minimum absolute atomic E-state index is 0.0105. The molecule has 0 unspecified atom stereocenters. The van der Waals surface area contributed by atoms with Gasteiger partial charge in [0.05, 0.1) is 28.6 Å². The Morgan fingerprint density at radius 2 is 1.80 bits per heavy atom. The van der Waals surface area contributed by atoms with Crippen LogP contribution in [0.2, 0.25) is 0 Å². The summed E-state index contributed by atoms with van der Waals surface area (Å²) >= 11 is 0. The Hall–Kier alpha value is -2.86. The number of nitrogens with zero attached hydrogens (tertiary/aromatic N) is 4. The van der Waals surface area contributed by atoms with E-state index in [0.717, 1.165) is 59.2 Å². The number of fused-ring (bicyclic) bond motifs is 5. The first kappa shape index (κ1) is 19.1. The minimum atomic E-state index is -0.209. The Morgan fingerprint density at radius 1 is 1.03 bits per heavy atom. The topological polar surface area (TPSA) is 33.5 Å². The Labute approximate surface area is 176 Å². The summed E-state index contributed by atoms with van der Waals surface area (Å²) in [6.07, 6.45) is 1.99. The van der Waals surface area contributed by atoms with Crippen LogP contribution in [0.25, 0.3) is 33.1 Å². The summed E-state index contributed by atoms with van der Waals surface area (Å²) in [5.41, 5.74) is 5.35. The van der Waals surface area contributed by atoms with Crippen LogP contribution in [-0.4, -0.2) is 53.9 Å². The number of anilines is 1. The van der Waals surface area contributed by atoms with Gasteiger partial charge in [0.25, 0.3) is 0 Å². The van der Waals surface area contributed by atoms with Gasteiger partial charge in [-0.05, 0) is 52.1 Å². The van der Waals surface area contributed by atoms with Gasteiger partial charge in [-0.2, -0.15) is 4.73 Å². The highest BCUT2D eigenvalue weighted by Gasteiger charge is 2.23. The van der Waals surface area contributed by atoms with Crippen LogP contribution < -0.4 is 9.74 Å². The highest BCUT2D eigenvalue weighted by Crippen LogP contribution is 2.39. The molecule has 0 N–H and O–H groups in total. The second-order valence-electron chi connectivity index (χ2n) is 8.61. The molecule has 0 aromatic heterocycles. The molecule has 2 aromatic rings. The van der Waals surface area contributed by atoms with Crippen LogP contribution in [0.5, 0.6) is 0 Å². The summed E-state index contributed by atoms with van der Waals surface area (Å²) in [7, 11) is 2.10. The van der Waals surface area contributed by atoms with Gasteiger partial charge in [-0.15, -0.1) is 0 Å². The summed E-state index contributed by atoms with van der Waals surface area (Å²) in [4.78, 5) is 15.4. The number of hydrogen-bond donors (Lipinski definition) is 0. The van der Waals surface area contributed by atoms with E-state index >= 15 is 4.39 Å². The van der Waals surface area contributed by atoms with Crippen LogP contribution in [0.4, 0.5) is 10.1 Å². The zero-order valence-corrected chi connectivity index (χ0v) is 17.9. The number of hydrogen-bond acceptors (Lipinski definition) is 4. The molecular formula is C24H27FN4O. The molecule has 3 heterocycles. The van der Waals surface area contributed by atoms with Crippen molar-refractivity contribution in [2.24, 2.45) is 0 Å². The summed E-state index contributed by atoms with van der Waals surface area (Å²) in [5.74, 6) is -0.209. The van der Waals surface area contributed by atoms with E-state index in [2.05, 4.69) is 35.9 Å². The molecule has 2 aromatic carbocycles. The number of aromatic nitrogens is 2. The Bertz CT molecular complexity index is 1210. The molecule has 156 valence electrons. The van der Waals surface area contributed by atoms with Gasteiger partial charge in [0, 0.05) is 42.5 Å². The molecule has 0 aliphatic carbocycles. The highest BCUT2D eigenvalue weighted by molar-refractivity contribution is 6.07. The number of aryl methyl sites for hydroxylation is 1. The smallest absolute Gasteiger partial charge is 0.147 e. The molecule has 0 amide bonds. The number of rotatable bonds is 3. The Kier molecular flexibility index (Phi) is 4.54. The first-order valence-electron chi connectivity index (χ1n) is 10.6. The third-order valence-electron chi connectivity index (χ3n) is 5.90. The standard InChI is InChI=1S/C24H27FN4O/c1-15(2)30-29-14-19-17-11-16(3)5-6-21(17)26-24(19)18-12-20(25)23(13-22(18)29)28-9-7-27(4)8-10-28/h5-6,11-15H,7-10H2,1-4H3. The summed E-state index contributed by atoms with van der Waals surface area (Å²) in [6.45, 7) is 9.54. The number of benzene rings is 2. The van der Waals surface area contributed by atoms with E-state index < -0.39 is 0 Å². The molecule has 6 heteroatoms. The maximum absolute atomic E-state index is 15.3. The number of piperazine rings is 1. The molecule has 30 heavy (non-hydrogen) atoms. The molecule has 3 aliphatic heterocycles. The third kappa shape index (κ3) is 3.16. The number of likely N-dealkylation sites (N-methyl/N-ethyl adjacent to an activating group) is 1. The maximum atomic E-state index is 15.3. The van der Waals surface area contributed by atoms with Crippen molar-refractivity contribution in [1.29, 1.82) is 0 Å². The normalized spacial score (nSPS) is 15.7. The van der Waals surface area contributed by atoms with Crippen molar-refractivity contribution in [3.63, 3.8) is 0 Å². The average Bonchev–Trinajstić information content (AvgIpc) is 3.06. The quantitative estimate of drug-likeness (QED) is 0.507. The molecule has 5 nitrogen and oxygen atoms in total. The highest BCUT2D eigenvalue weighted by atomic mass is 19.1. The van der Waals surface area contributed by atoms with E-state index in [9.17, 15) is 0 Å². The molecule has 0 bridgehead atoms. The summed E-state index contributed by atoms with van der Waals surface area (Å²) in [6, 6.07) is 9.76. The molecule has 3 aliphatic rings. The van der Waals surface area contributed by atoms with Crippen molar-refractivity contribution in [1.82, 2.24) is 14.6 Å². The zero-order valence-electron chi connectivity index (χ0n) is 17.9.